The van der Waals surface area contributed by atoms with Crippen LogP contribution in [-0.4, -0.2) is 31.2 Å². The first-order valence-corrected chi connectivity index (χ1v) is 7.03. The van der Waals surface area contributed by atoms with Gasteiger partial charge < -0.3 is 16.0 Å². The maximum Gasteiger partial charge on any atom is 0.315 e. The van der Waals surface area contributed by atoms with Crippen molar-refractivity contribution in [3.05, 3.63) is 0 Å². The molecular weight excluding hydrogens is 214 g/mol. The maximum atomic E-state index is 11.8. The van der Waals surface area contributed by atoms with Gasteiger partial charge in [-0.15, -0.1) is 0 Å². The Morgan fingerprint density at radius 3 is 2.65 bits per heavy atom. The Bertz CT molecular complexity index is 245. The van der Waals surface area contributed by atoms with E-state index in [1.54, 1.807) is 0 Å². The smallest absolute Gasteiger partial charge is 0.315 e. The van der Waals surface area contributed by atoms with Crippen LogP contribution in [0.25, 0.3) is 0 Å². The molecule has 1 aliphatic heterocycles. The normalized spacial score (nSPS) is 27.7. The van der Waals surface area contributed by atoms with Crippen molar-refractivity contribution in [2.45, 2.75) is 57.5 Å². The van der Waals surface area contributed by atoms with Gasteiger partial charge in [-0.25, -0.2) is 4.79 Å². The van der Waals surface area contributed by atoms with Gasteiger partial charge in [-0.2, -0.15) is 0 Å². The molecule has 0 bridgehead atoms. The molecule has 2 rings (SSSR count). The highest BCUT2D eigenvalue weighted by Crippen LogP contribution is 2.17. The van der Waals surface area contributed by atoms with E-state index in [1.165, 1.54) is 25.7 Å². The first-order valence-electron chi connectivity index (χ1n) is 7.03. The van der Waals surface area contributed by atoms with Gasteiger partial charge in [0.2, 0.25) is 0 Å². The van der Waals surface area contributed by atoms with Gasteiger partial charge in [-0.1, -0.05) is 19.3 Å². The van der Waals surface area contributed by atoms with Gasteiger partial charge in [-0.3, -0.25) is 0 Å². The third kappa shape index (κ3) is 3.87. The Balaban J connectivity index is 1.68. The topological polar surface area (TPSA) is 53.2 Å². The summed E-state index contributed by atoms with van der Waals surface area (Å²) < 4.78 is 0. The number of rotatable bonds is 3. The molecule has 2 unspecified atom stereocenters. The van der Waals surface area contributed by atoms with E-state index >= 15 is 0 Å². The quantitative estimate of drug-likeness (QED) is 0.701. The van der Waals surface area contributed by atoms with Gasteiger partial charge >= 0.3 is 6.03 Å². The zero-order valence-corrected chi connectivity index (χ0v) is 10.8. The van der Waals surface area contributed by atoms with Crippen LogP contribution >= 0.6 is 0 Å². The van der Waals surface area contributed by atoms with Crippen molar-refractivity contribution in [2.75, 3.05) is 13.1 Å². The van der Waals surface area contributed by atoms with Crippen molar-refractivity contribution in [1.29, 1.82) is 0 Å². The molecule has 0 spiro atoms. The Hall–Kier alpha value is -0.770. The van der Waals surface area contributed by atoms with E-state index in [0.717, 1.165) is 25.9 Å². The van der Waals surface area contributed by atoms with Crippen molar-refractivity contribution in [1.82, 2.24) is 16.0 Å². The van der Waals surface area contributed by atoms with Gasteiger partial charge in [0.1, 0.15) is 0 Å². The second-order valence-corrected chi connectivity index (χ2v) is 5.49. The predicted octanol–water partition coefficient (Wildman–Crippen LogP) is 1.62. The highest BCUT2D eigenvalue weighted by atomic mass is 16.2. The van der Waals surface area contributed by atoms with Gasteiger partial charge in [0.05, 0.1) is 0 Å². The summed E-state index contributed by atoms with van der Waals surface area (Å²) in [7, 11) is 0. The first-order chi connectivity index (χ1) is 8.25. The molecule has 0 aromatic rings. The average Bonchev–Trinajstić information content (AvgIpc) is 2.83. The molecule has 1 aliphatic carbocycles. The molecule has 1 heterocycles. The summed E-state index contributed by atoms with van der Waals surface area (Å²) in [6, 6.07) is 0.697. The summed E-state index contributed by atoms with van der Waals surface area (Å²) in [6.45, 7) is 4.23. The minimum Gasteiger partial charge on any atom is -0.335 e. The molecule has 2 amide bonds. The maximum absolute atomic E-state index is 11.8. The highest BCUT2D eigenvalue weighted by molar-refractivity contribution is 5.74. The summed E-state index contributed by atoms with van der Waals surface area (Å²) in [6.07, 6.45) is 7.30. The molecule has 3 N–H and O–H groups in total. The lowest BCUT2D eigenvalue weighted by atomic mass is 9.95. The van der Waals surface area contributed by atoms with Crippen molar-refractivity contribution in [2.24, 2.45) is 5.92 Å². The van der Waals surface area contributed by atoms with Crippen LogP contribution in [0, 0.1) is 5.92 Å². The fourth-order valence-corrected chi connectivity index (χ4v) is 2.90. The Morgan fingerprint density at radius 1 is 1.24 bits per heavy atom. The number of carbonyl (C=O) groups excluding carboxylic acids is 1. The lowest BCUT2D eigenvalue weighted by Crippen LogP contribution is -2.48. The number of urea groups is 1. The van der Waals surface area contributed by atoms with E-state index < -0.39 is 0 Å². The molecule has 2 atom stereocenters. The van der Waals surface area contributed by atoms with Crippen LogP contribution < -0.4 is 16.0 Å². The molecule has 0 aromatic carbocycles. The van der Waals surface area contributed by atoms with Crippen LogP contribution in [0.3, 0.4) is 0 Å². The second-order valence-electron chi connectivity index (χ2n) is 5.49. The van der Waals surface area contributed by atoms with Crippen LogP contribution in [0.5, 0.6) is 0 Å². The average molecular weight is 239 g/mol. The third-order valence-electron chi connectivity index (χ3n) is 4.10. The summed E-state index contributed by atoms with van der Waals surface area (Å²) in [5, 5.41) is 9.52. The number of nitrogens with one attached hydrogen (secondary N) is 3. The van der Waals surface area contributed by atoms with E-state index in [9.17, 15) is 4.79 Å². The number of hydrogen-bond acceptors (Lipinski definition) is 2. The molecule has 0 radical (unpaired) electrons. The van der Waals surface area contributed by atoms with E-state index in [-0.39, 0.29) is 12.1 Å². The number of carbonyl (C=O) groups is 1. The SMILES string of the molecule is CC(NC(=O)NC1CCCCC1)C1CCNC1. The predicted molar refractivity (Wildman–Crippen MR) is 69.0 cm³/mol. The Kier molecular flexibility index (Phi) is 4.66. The summed E-state index contributed by atoms with van der Waals surface area (Å²) >= 11 is 0. The molecule has 1 saturated carbocycles. The number of amides is 2. The molecule has 1 saturated heterocycles. The van der Waals surface area contributed by atoms with E-state index in [2.05, 4.69) is 22.9 Å². The van der Waals surface area contributed by atoms with Crippen LogP contribution in [0.1, 0.15) is 45.4 Å². The molecule has 4 heteroatoms. The summed E-state index contributed by atoms with van der Waals surface area (Å²) in [4.78, 5) is 11.8. The fraction of sp³-hybridized carbons (Fsp3) is 0.923. The second kappa shape index (κ2) is 6.24. The fourth-order valence-electron chi connectivity index (χ4n) is 2.90. The zero-order chi connectivity index (χ0) is 12.1. The largest absolute Gasteiger partial charge is 0.335 e. The van der Waals surface area contributed by atoms with Gasteiger partial charge in [0.15, 0.2) is 0 Å². The van der Waals surface area contributed by atoms with E-state index in [1.807, 2.05) is 0 Å². The Morgan fingerprint density at radius 2 is 2.00 bits per heavy atom. The minimum absolute atomic E-state index is 0.0244. The van der Waals surface area contributed by atoms with Crippen molar-refractivity contribution in [3.8, 4) is 0 Å². The molecule has 2 aliphatic rings. The highest BCUT2D eigenvalue weighted by Gasteiger charge is 2.23. The Labute approximate surface area is 104 Å². The van der Waals surface area contributed by atoms with Crippen LogP contribution in [0.2, 0.25) is 0 Å². The lowest BCUT2D eigenvalue weighted by Gasteiger charge is -2.25. The monoisotopic (exact) mass is 239 g/mol. The standard InChI is InChI=1S/C13H25N3O/c1-10(11-7-8-14-9-11)15-13(17)16-12-5-3-2-4-6-12/h10-12,14H,2-9H2,1H3,(H2,15,16,17). The molecular formula is C13H25N3O. The van der Waals surface area contributed by atoms with Crippen LogP contribution in [0.4, 0.5) is 4.79 Å². The lowest BCUT2D eigenvalue weighted by molar-refractivity contribution is 0.225. The first kappa shape index (κ1) is 12.7. The molecule has 98 valence electrons. The van der Waals surface area contributed by atoms with Crippen LogP contribution in [-0.2, 0) is 0 Å². The zero-order valence-electron chi connectivity index (χ0n) is 10.8. The summed E-state index contributed by atoms with van der Waals surface area (Å²) in [5.41, 5.74) is 0. The molecule has 0 aromatic heterocycles. The van der Waals surface area contributed by atoms with Crippen molar-refractivity contribution < 1.29 is 4.79 Å². The molecule has 17 heavy (non-hydrogen) atoms. The van der Waals surface area contributed by atoms with Crippen molar-refractivity contribution >= 4 is 6.03 Å². The molecule has 4 nitrogen and oxygen atoms in total. The number of hydrogen-bond donors (Lipinski definition) is 3. The van der Waals surface area contributed by atoms with E-state index in [4.69, 9.17) is 0 Å². The van der Waals surface area contributed by atoms with E-state index in [0.29, 0.717) is 12.0 Å². The molecule has 2 fully saturated rings. The van der Waals surface area contributed by atoms with Gasteiger partial charge in [0, 0.05) is 12.1 Å². The minimum atomic E-state index is 0.0244. The summed E-state index contributed by atoms with van der Waals surface area (Å²) in [5.74, 6) is 0.590. The van der Waals surface area contributed by atoms with Crippen molar-refractivity contribution in [3.63, 3.8) is 0 Å². The van der Waals surface area contributed by atoms with Crippen LogP contribution in [0.15, 0.2) is 0 Å². The third-order valence-corrected chi connectivity index (χ3v) is 4.10. The van der Waals surface area contributed by atoms with Gasteiger partial charge in [-0.05, 0) is 45.2 Å². The van der Waals surface area contributed by atoms with Gasteiger partial charge in [0.25, 0.3) is 0 Å².